The fourth-order valence-electron chi connectivity index (χ4n) is 2.80. The summed E-state index contributed by atoms with van der Waals surface area (Å²) in [4.78, 5) is 13.0. The molecule has 1 atom stereocenters. The third kappa shape index (κ3) is 5.21. The lowest BCUT2D eigenvalue weighted by atomic mass is 9.97. The maximum Gasteiger partial charge on any atom is 0.283 e. The minimum Gasteiger partial charge on any atom is -0.319 e. The van der Waals surface area contributed by atoms with Gasteiger partial charge in [-0.1, -0.05) is 6.07 Å². The molecule has 118 valence electrons. The fourth-order valence-corrected chi connectivity index (χ4v) is 3.20. The second-order valence-electron chi connectivity index (χ2n) is 5.34. The van der Waals surface area contributed by atoms with Gasteiger partial charge in [0.1, 0.15) is 0 Å². The molecule has 1 aliphatic heterocycles. The van der Waals surface area contributed by atoms with Gasteiger partial charge >= 0.3 is 0 Å². The highest BCUT2D eigenvalue weighted by atomic mass is 79.9. The Morgan fingerprint density at radius 3 is 2.95 bits per heavy atom. The summed E-state index contributed by atoms with van der Waals surface area (Å²) in [6, 6.07) is 5.40. The first-order valence-electron chi connectivity index (χ1n) is 6.90. The molecule has 0 radical (unpaired) electrons. The average Bonchev–Trinajstić information content (AvgIpc) is 2.41. The lowest BCUT2D eigenvalue weighted by molar-refractivity contribution is -0.385. The number of nitrogens with one attached hydrogen (secondary N) is 1. The number of likely N-dealkylation sites (tertiary alicyclic amines) is 1. The Balaban J connectivity index is 0.00000220. The highest BCUT2D eigenvalue weighted by Crippen LogP contribution is 2.27. The van der Waals surface area contributed by atoms with E-state index in [9.17, 15) is 10.1 Å². The summed E-state index contributed by atoms with van der Waals surface area (Å²) in [5, 5.41) is 14.2. The van der Waals surface area contributed by atoms with Crippen molar-refractivity contribution in [3.63, 3.8) is 0 Å². The molecule has 21 heavy (non-hydrogen) atoms. The van der Waals surface area contributed by atoms with Crippen LogP contribution in [0.15, 0.2) is 22.7 Å². The predicted molar refractivity (Wildman–Crippen MR) is 90.0 cm³/mol. The molecule has 0 spiro atoms. The molecule has 1 N–H and O–H groups in total. The smallest absolute Gasteiger partial charge is 0.283 e. The van der Waals surface area contributed by atoms with Crippen LogP contribution in [-0.2, 0) is 6.54 Å². The highest BCUT2D eigenvalue weighted by Gasteiger charge is 2.20. The molecule has 1 aromatic rings. The Labute approximate surface area is 139 Å². The molecule has 7 heteroatoms. The molecular formula is C14H21BrClN3O2. The SMILES string of the molecule is CNCC1CCCN(Cc2ccc(Br)c([N+](=O)[O-])c2)C1.Cl. The third-order valence-corrected chi connectivity index (χ3v) is 4.38. The predicted octanol–water partition coefficient (Wildman–Crippen LogP) is 3.21. The molecule has 5 nitrogen and oxygen atoms in total. The first kappa shape index (κ1) is 18.4. The standard InChI is InChI=1S/C14H20BrN3O2.ClH/c1-16-8-12-3-2-6-17(10-12)9-11-4-5-13(15)14(7-11)18(19)20;/h4-5,7,12,16H,2-3,6,8-10H2,1H3;1H. The quantitative estimate of drug-likeness (QED) is 0.631. The van der Waals surface area contributed by atoms with Gasteiger partial charge in [-0.05, 0) is 66.5 Å². The van der Waals surface area contributed by atoms with Crippen molar-refractivity contribution in [1.29, 1.82) is 0 Å². The van der Waals surface area contributed by atoms with Crippen LogP contribution in [0.3, 0.4) is 0 Å². The van der Waals surface area contributed by atoms with E-state index in [4.69, 9.17) is 0 Å². The van der Waals surface area contributed by atoms with E-state index in [1.165, 1.54) is 12.8 Å². The van der Waals surface area contributed by atoms with Crippen molar-refractivity contribution in [3.05, 3.63) is 38.3 Å². The van der Waals surface area contributed by atoms with Crippen molar-refractivity contribution in [2.24, 2.45) is 5.92 Å². The molecule has 1 aromatic carbocycles. The number of nitro benzene ring substituents is 1. The van der Waals surface area contributed by atoms with E-state index in [1.54, 1.807) is 12.1 Å². The molecule has 0 aromatic heterocycles. The number of benzene rings is 1. The van der Waals surface area contributed by atoms with Crippen LogP contribution in [-0.4, -0.2) is 36.5 Å². The molecule has 0 aliphatic carbocycles. The normalized spacial score (nSPS) is 19.0. The number of halogens is 2. The summed E-state index contributed by atoms with van der Waals surface area (Å²) >= 11 is 3.22. The van der Waals surface area contributed by atoms with Crippen molar-refractivity contribution >= 4 is 34.0 Å². The summed E-state index contributed by atoms with van der Waals surface area (Å²) in [5.74, 6) is 0.680. The summed E-state index contributed by atoms with van der Waals surface area (Å²) in [7, 11) is 1.98. The highest BCUT2D eigenvalue weighted by molar-refractivity contribution is 9.10. The van der Waals surface area contributed by atoms with Crippen LogP contribution in [0.2, 0.25) is 0 Å². The number of rotatable bonds is 5. The summed E-state index contributed by atoms with van der Waals surface area (Å²) in [6.45, 7) is 3.96. The van der Waals surface area contributed by atoms with Gasteiger partial charge in [-0.25, -0.2) is 0 Å². The molecule has 1 heterocycles. The van der Waals surface area contributed by atoms with Crippen molar-refractivity contribution in [2.45, 2.75) is 19.4 Å². The zero-order valence-electron chi connectivity index (χ0n) is 12.0. The summed E-state index contributed by atoms with van der Waals surface area (Å²) in [5.41, 5.74) is 1.15. The number of nitrogens with zero attached hydrogens (tertiary/aromatic N) is 2. The first-order valence-corrected chi connectivity index (χ1v) is 7.69. The van der Waals surface area contributed by atoms with Crippen LogP contribution < -0.4 is 5.32 Å². The van der Waals surface area contributed by atoms with E-state index < -0.39 is 0 Å². The van der Waals surface area contributed by atoms with Gasteiger partial charge in [0.15, 0.2) is 0 Å². The number of hydrogen-bond donors (Lipinski definition) is 1. The zero-order valence-corrected chi connectivity index (χ0v) is 14.5. The molecule has 1 unspecified atom stereocenters. The summed E-state index contributed by atoms with van der Waals surface area (Å²) in [6.07, 6.45) is 2.46. The van der Waals surface area contributed by atoms with Crippen molar-refractivity contribution in [3.8, 4) is 0 Å². The van der Waals surface area contributed by atoms with Crippen molar-refractivity contribution in [2.75, 3.05) is 26.7 Å². The molecule has 0 saturated carbocycles. The molecule has 0 amide bonds. The van der Waals surface area contributed by atoms with E-state index in [0.717, 1.165) is 31.7 Å². The second-order valence-corrected chi connectivity index (χ2v) is 6.20. The monoisotopic (exact) mass is 377 g/mol. The molecule has 0 bridgehead atoms. The zero-order chi connectivity index (χ0) is 14.5. The molecular weight excluding hydrogens is 358 g/mol. The van der Waals surface area contributed by atoms with E-state index in [2.05, 4.69) is 26.1 Å². The maximum atomic E-state index is 11.0. The van der Waals surface area contributed by atoms with E-state index in [0.29, 0.717) is 10.4 Å². The molecule has 2 rings (SSSR count). The second kappa shape index (κ2) is 8.68. The lowest BCUT2D eigenvalue weighted by Crippen LogP contribution is -2.38. The number of hydrogen-bond acceptors (Lipinski definition) is 4. The van der Waals surface area contributed by atoms with Gasteiger partial charge in [0.2, 0.25) is 0 Å². The van der Waals surface area contributed by atoms with Crippen molar-refractivity contribution in [1.82, 2.24) is 10.2 Å². The Morgan fingerprint density at radius 1 is 1.52 bits per heavy atom. The largest absolute Gasteiger partial charge is 0.319 e. The van der Waals surface area contributed by atoms with Crippen LogP contribution in [0.4, 0.5) is 5.69 Å². The van der Waals surface area contributed by atoms with Crippen LogP contribution in [0.1, 0.15) is 18.4 Å². The first-order chi connectivity index (χ1) is 9.60. The van der Waals surface area contributed by atoms with Gasteiger partial charge in [0.05, 0.1) is 9.40 Å². The van der Waals surface area contributed by atoms with Gasteiger partial charge in [-0.3, -0.25) is 15.0 Å². The summed E-state index contributed by atoms with van der Waals surface area (Å²) < 4.78 is 0.540. The van der Waals surface area contributed by atoms with Gasteiger partial charge in [-0.15, -0.1) is 12.4 Å². The molecule has 1 fully saturated rings. The van der Waals surface area contributed by atoms with E-state index in [1.807, 2.05) is 13.1 Å². The Kier molecular flexibility index (Phi) is 7.59. The Hall–Kier alpha value is -0.690. The minimum absolute atomic E-state index is 0. The van der Waals surface area contributed by atoms with Crippen LogP contribution >= 0.6 is 28.3 Å². The fraction of sp³-hybridized carbons (Fsp3) is 0.571. The maximum absolute atomic E-state index is 11.0. The Morgan fingerprint density at radius 2 is 2.29 bits per heavy atom. The van der Waals surface area contributed by atoms with Crippen LogP contribution in [0, 0.1) is 16.0 Å². The topological polar surface area (TPSA) is 58.4 Å². The van der Waals surface area contributed by atoms with E-state index >= 15 is 0 Å². The Bertz CT molecular complexity index is 485. The third-order valence-electron chi connectivity index (χ3n) is 3.71. The van der Waals surface area contributed by atoms with Crippen LogP contribution in [0.25, 0.3) is 0 Å². The van der Waals surface area contributed by atoms with Crippen LogP contribution in [0.5, 0.6) is 0 Å². The molecule has 1 saturated heterocycles. The van der Waals surface area contributed by atoms with Gasteiger partial charge in [-0.2, -0.15) is 0 Å². The average molecular weight is 379 g/mol. The number of nitro groups is 1. The lowest BCUT2D eigenvalue weighted by Gasteiger charge is -2.32. The molecule has 1 aliphatic rings. The minimum atomic E-state index is -0.340. The van der Waals surface area contributed by atoms with Gasteiger partial charge in [0.25, 0.3) is 5.69 Å². The number of piperidine rings is 1. The van der Waals surface area contributed by atoms with Gasteiger partial charge in [0, 0.05) is 19.2 Å². The van der Waals surface area contributed by atoms with Crippen molar-refractivity contribution < 1.29 is 4.92 Å². The van der Waals surface area contributed by atoms with Gasteiger partial charge < -0.3 is 5.32 Å². The van der Waals surface area contributed by atoms with E-state index in [-0.39, 0.29) is 23.0 Å².